The lowest BCUT2D eigenvalue weighted by Gasteiger charge is -2.35. The normalized spacial score (nSPS) is 18.0. The van der Waals surface area contributed by atoms with Crippen LogP contribution in [0.25, 0.3) is 0 Å². The van der Waals surface area contributed by atoms with Crippen LogP contribution in [0.15, 0.2) is 40.5 Å². The first kappa shape index (κ1) is 23.9. The number of anilines is 1. The molecule has 1 amide bonds. The van der Waals surface area contributed by atoms with Crippen molar-refractivity contribution in [2.24, 2.45) is 4.99 Å². The maximum Gasteiger partial charge on any atom is 0.257 e. The number of carbonyl (C=O) groups excluding carboxylic acids is 1. The molecule has 0 bridgehead atoms. The number of carbonyl (C=O) groups is 1. The summed E-state index contributed by atoms with van der Waals surface area (Å²) < 4.78 is 28.0. The van der Waals surface area contributed by atoms with Gasteiger partial charge < -0.3 is 9.88 Å². The number of piperazine rings is 1. The molecule has 0 unspecified atom stereocenters. The molecule has 1 saturated carbocycles. The summed E-state index contributed by atoms with van der Waals surface area (Å²) >= 11 is 0. The Kier molecular flexibility index (Phi) is 7.30. The standard InChI is InChI=1S/C21H25N8O3SSi/c22-14-25-21(26-15-3-1-2-4-15)28-9-11-29(12-10-28)33(31,32)16-5-6-18(34)17(13-16)19(30)27-20-23-7-8-24-20/h5-8,13,15H,1-4,9-12H2,(H,25,26)(H2,23,24,27,30). The number of guanidine groups is 1. The number of imidazole rings is 1. The number of nitriles is 1. The average Bonchev–Trinajstić information content (AvgIpc) is 3.53. The number of aliphatic imine (C=N–C) groups is 1. The fraction of sp³-hybridized carbons (Fsp3) is 0.429. The molecule has 34 heavy (non-hydrogen) atoms. The number of hydrogen-bond acceptors (Lipinski definition) is 6. The van der Waals surface area contributed by atoms with Gasteiger partial charge in [0.25, 0.3) is 5.91 Å². The van der Waals surface area contributed by atoms with Crippen LogP contribution in [0.5, 0.6) is 0 Å². The van der Waals surface area contributed by atoms with Crippen LogP contribution < -0.4 is 15.8 Å². The van der Waals surface area contributed by atoms with E-state index < -0.39 is 15.9 Å². The minimum Gasteiger partial charge on any atom is -0.340 e. The van der Waals surface area contributed by atoms with Crippen molar-refractivity contribution < 1.29 is 13.2 Å². The van der Waals surface area contributed by atoms with Crippen molar-refractivity contribution in [3.05, 3.63) is 36.2 Å². The van der Waals surface area contributed by atoms with Gasteiger partial charge in [-0.05, 0) is 25.0 Å². The van der Waals surface area contributed by atoms with Crippen LogP contribution in [-0.4, -0.2) is 81.9 Å². The van der Waals surface area contributed by atoms with E-state index in [0.29, 0.717) is 24.2 Å². The lowest BCUT2D eigenvalue weighted by atomic mass is 10.2. The molecule has 0 atom stereocenters. The van der Waals surface area contributed by atoms with Gasteiger partial charge in [0.15, 0.2) is 6.19 Å². The molecule has 1 aromatic carbocycles. The van der Waals surface area contributed by atoms with Gasteiger partial charge in [-0.1, -0.05) is 24.1 Å². The number of rotatable bonds is 5. The summed E-state index contributed by atoms with van der Waals surface area (Å²) in [4.78, 5) is 26.0. The Morgan fingerprint density at radius 1 is 1.24 bits per heavy atom. The highest BCUT2D eigenvalue weighted by Crippen LogP contribution is 2.22. The minimum atomic E-state index is -3.82. The first-order chi connectivity index (χ1) is 16.4. The molecule has 1 aliphatic heterocycles. The second-order valence-electron chi connectivity index (χ2n) is 8.12. The molecule has 177 valence electrons. The zero-order valence-corrected chi connectivity index (χ0v) is 20.3. The van der Waals surface area contributed by atoms with Crippen LogP contribution in [0, 0.1) is 11.5 Å². The highest BCUT2D eigenvalue weighted by molar-refractivity contribution is 7.89. The van der Waals surface area contributed by atoms with E-state index in [2.05, 4.69) is 35.8 Å². The molecule has 11 nitrogen and oxygen atoms in total. The van der Waals surface area contributed by atoms with Gasteiger partial charge in [-0.25, -0.2) is 18.4 Å². The molecule has 1 aromatic heterocycles. The predicted octanol–water partition coefficient (Wildman–Crippen LogP) is 0.131. The molecule has 3 radical (unpaired) electrons. The van der Waals surface area contributed by atoms with E-state index in [4.69, 9.17) is 5.26 Å². The average molecular weight is 498 g/mol. The van der Waals surface area contributed by atoms with Gasteiger partial charge in [-0.2, -0.15) is 9.57 Å². The third kappa shape index (κ3) is 5.30. The van der Waals surface area contributed by atoms with Gasteiger partial charge >= 0.3 is 0 Å². The SMILES string of the molecule is N#CNC(=NC1CCCC1)N1CCN(S(=O)(=O)c2ccc([Si])c(C(=O)Nc3ncc[nH]3)c2)CC1. The molecule has 2 aliphatic rings. The van der Waals surface area contributed by atoms with E-state index in [-0.39, 0.29) is 35.5 Å². The number of amides is 1. The molecule has 1 aliphatic carbocycles. The zero-order valence-electron chi connectivity index (χ0n) is 18.5. The molecule has 2 aromatic rings. The van der Waals surface area contributed by atoms with Crippen LogP contribution in [0.3, 0.4) is 0 Å². The van der Waals surface area contributed by atoms with Crippen LogP contribution in [-0.2, 0) is 10.0 Å². The van der Waals surface area contributed by atoms with Crippen molar-refractivity contribution in [3.63, 3.8) is 0 Å². The maximum absolute atomic E-state index is 13.3. The van der Waals surface area contributed by atoms with Gasteiger partial charge in [0.2, 0.25) is 21.9 Å². The van der Waals surface area contributed by atoms with E-state index in [1.54, 1.807) is 12.3 Å². The molecule has 1 saturated heterocycles. The minimum absolute atomic E-state index is 0.0301. The van der Waals surface area contributed by atoms with Crippen molar-refractivity contribution in [1.29, 1.82) is 5.26 Å². The summed E-state index contributed by atoms with van der Waals surface area (Å²) in [6.07, 6.45) is 9.29. The quantitative estimate of drug-likeness (QED) is 0.175. The fourth-order valence-corrected chi connectivity index (χ4v) is 5.84. The first-order valence-electron chi connectivity index (χ1n) is 11.0. The van der Waals surface area contributed by atoms with E-state index in [1.165, 1.54) is 22.6 Å². The van der Waals surface area contributed by atoms with E-state index in [9.17, 15) is 13.2 Å². The predicted molar refractivity (Wildman–Crippen MR) is 127 cm³/mol. The van der Waals surface area contributed by atoms with Gasteiger partial charge in [0.1, 0.15) is 0 Å². The second kappa shape index (κ2) is 10.4. The number of sulfonamides is 1. The molecule has 0 spiro atoms. The third-order valence-corrected chi connectivity index (χ3v) is 8.27. The van der Waals surface area contributed by atoms with Crippen molar-refractivity contribution >= 4 is 43.3 Å². The number of benzene rings is 1. The summed E-state index contributed by atoms with van der Waals surface area (Å²) in [6.45, 7) is 1.29. The number of nitrogens with zero attached hydrogens (tertiary/aromatic N) is 5. The van der Waals surface area contributed by atoms with Gasteiger partial charge in [0, 0.05) is 44.1 Å². The summed E-state index contributed by atoms with van der Waals surface area (Å²) in [6, 6.07) is 4.57. The maximum atomic E-state index is 13.3. The number of H-pyrrole nitrogens is 1. The first-order valence-corrected chi connectivity index (χ1v) is 13.0. The Balaban J connectivity index is 1.47. The highest BCUT2D eigenvalue weighted by Gasteiger charge is 2.31. The monoisotopic (exact) mass is 497 g/mol. The fourth-order valence-electron chi connectivity index (χ4n) is 4.12. The van der Waals surface area contributed by atoms with Crippen LogP contribution in [0.2, 0.25) is 0 Å². The highest BCUT2D eigenvalue weighted by atomic mass is 32.2. The molecule has 13 heteroatoms. The number of aromatic nitrogens is 2. The number of aromatic amines is 1. The Morgan fingerprint density at radius 2 is 1.97 bits per heavy atom. The Bertz CT molecular complexity index is 1200. The number of hydrogen-bond donors (Lipinski definition) is 3. The third-order valence-electron chi connectivity index (χ3n) is 5.94. The topological polar surface area (TPSA) is 147 Å². The molecular weight excluding hydrogens is 472 g/mol. The molecular formula is C21H25N8O3SSi. The number of nitrogens with one attached hydrogen (secondary N) is 3. The largest absolute Gasteiger partial charge is 0.340 e. The lowest BCUT2D eigenvalue weighted by Crippen LogP contribution is -2.53. The van der Waals surface area contributed by atoms with Crippen LogP contribution >= 0.6 is 0 Å². The smallest absolute Gasteiger partial charge is 0.257 e. The van der Waals surface area contributed by atoms with Crippen LogP contribution in [0.4, 0.5) is 5.95 Å². The summed E-state index contributed by atoms with van der Waals surface area (Å²) in [5, 5.41) is 14.9. The van der Waals surface area contributed by atoms with Crippen molar-refractivity contribution in [1.82, 2.24) is 24.5 Å². The van der Waals surface area contributed by atoms with E-state index >= 15 is 0 Å². The molecule has 3 N–H and O–H groups in total. The summed E-state index contributed by atoms with van der Waals surface area (Å²) in [7, 11) is -0.447. The van der Waals surface area contributed by atoms with Crippen molar-refractivity contribution in [3.8, 4) is 6.19 Å². The van der Waals surface area contributed by atoms with Crippen molar-refractivity contribution in [2.75, 3.05) is 31.5 Å². The Hall–Kier alpha value is -3.21. The molecule has 4 rings (SSSR count). The van der Waals surface area contributed by atoms with Gasteiger partial charge in [-0.3, -0.25) is 15.4 Å². The summed E-state index contributed by atoms with van der Waals surface area (Å²) in [5.74, 6) is 0.283. The van der Waals surface area contributed by atoms with E-state index in [1.807, 2.05) is 11.1 Å². The molecule has 2 heterocycles. The van der Waals surface area contributed by atoms with Crippen LogP contribution in [0.1, 0.15) is 36.0 Å². The molecule has 2 fully saturated rings. The van der Waals surface area contributed by atoms with Crippen molar-refractivity contribution in [2.45, 2.75) is 36.6 Å². The Labute approximate surface area is 201 Å². The van der Waals surface area contributed by atoms with Gasteiger partial charge in [0.05, 0.1) is 21.2 Å². The zero-order chi connectivity index (χ0) is 24.1. The second-order valence-corrected chi connectivity index (χ2v) is 10.6. The van der Waals surface area contributed by atoms with E-state index in [0.717, 1.165) is 25.7 Å². The Morgan fingerprint density at radius 3 is 2.62 bits per heavy atom. The lowest BCUT2D eigenvalue weighted by molar-refractivity contribution is 0.102. The summed E-state index contributed by atoms with van der Waals surface area (Å²) in [5.41, 5.74) is 0.178. The van der Waals surface area contributed by atoms with Gasteiger partial charge in [-0.15, -0.1) is 0 Å².